The summed E-state index contributed by atoms with van der Waals surface area (Å²) in [6.07, 6.45) is 8.10. The monoisotopic (exact) mass is 428 g/mol. The number of nitriles is 1. The predicted octanol–water partition coefficient (Wildman–Crippen LogP) is 3.06. The molecule has 0 radical (unpaired) electrons. The number of anilines is 1. The zero-order valence-corrected chi connectivity index (χ0v) is 17.6. The second-order valence-electron chi connectivity index (χ2n) is 8.53. The highest BCUT2D eigenvalue weighted by molar-refractivity contribution is 5.95. The number of aliphatic hydroxyl groups excluding tert-OH is 1. The highest BCUT2D eigenvalue weighted by Crippen LogP contribution is 2.31. The van der Waals surface area contributed by atoms with E-state index in [9.17, 15) is 15.2 Å². The molecule has 4 heterocycles. The highest BCUT2D eigenvalue weighted by atomic mass is 16.3. The molecule has 32 heavy (non-hydrogen) atoms. The van der Waals surface area contributed by atoms with E-state index in [2.05, 4.69) is 26.3 Å². The molecule has 0 aromatic carbocycles. The number of nitrogens with zero attached hydrogens (tertiary/aromatic N) is 5. The lowest BCUT2D eigenvalue weighted by Crippen LogP contribution is -2.38. The smallest absolute Gasteiger partial charge is 0.228 e. The number of hydrogen-bond acceptors (Lipinski definition) is 7. The lowest BCUT2D eigenvalue weighted by molar-refractivity contribution is -0.117. The average Bonchev–Trinajstić information content (AvgIpc) is 3.66. The normalized spacial score (nSPS) is 18.2. The van der Waals surface area contributed by atoms with E-state index in [0.717, 1.165) is 40.6 Å². The Kier molecular flexibility index (Phi) is 5.52. The molecule has 1 saturated carbocycles. The molecule has 2 N–H and O–H groups in total. The van der Waals surface area contributed by atoms with Crippen LogP contribution in [0.5, 0.6) is 0 Å². The molecular formula is C24H24N6O2. The van der Waals surface area contributed by atoms with Crippen molar-refractivity contribution in [3.05, 3.63) is 48.4 Å². The summed E-state index contributed by atoms with van der Waals surface area (Å²) in [6, 6.07) is 9.56. The molecule has 3 aromatic rings. The van der Waals surface area contributed by atoms with E-state index in [1.54, 1.807) is 24.7 Å². The maximum Gasteiger partial charge on any atom is 0.228 e. The lowest BCUT2D eigenvalue weighted by Gasteiger charge is -2.32. The standard InChI is InChI=1S/C24H24N6O2/c25-11-22(30-7-5-19(31)6-8-30)18-9-17(12-26-13-18)20-4-3-16-14-27-23(10-21(16)28-20)29-24(32)15-1-2-15/h3-4,9-10,12-15,19,22,31H,1-2,5-8H2,(H,27,29,32). The molecule has 2 aliphatic rings. The van der Waals surface area contributed by atoms with Gasteiger partial charge in [0, 0.05) is 60.2 Å². The number of hydrogen-bond donors (Lipinski definition) is 2. The molecule has 1 aliphatic carbocycles. The van der Waals surface area contributed by atoms with Crippen molar-refractivity contribution < 1.29 is 9.90 Å². The van der Waals surface area contributed by atoms with E-state index in [1.807, 2.05) is 18.2 Å². The van der Waals surface area contributed by atoms with Gasteiger partial charge in [0.15, 0.2) is 0 Å². The van der Waals surface area contributed by atoms with Gasteiger partial charge in [-0.1, -0.05) is 0 Å². The molecule has 8 heteroatoms. The first-order chi connectivity index (χ1) is 15.6. The fourth-order valence-corrected chi connectivity index (χ4v) is 4.08. The number of aliphatic hydroxyl groups is 1. The van der Waals surface area contributed by atoms with Crippen LogP contribution in [0.4, 0.5) is 5.82 Å². The molecule has 1 aliphatic heterocycles. The number of aromatic nitrogens is 3. The summed E-state index contributed by atoms with van der Waals surface area (Å²) in [4.78, 5) is 27.6. The Labute approximate surface area is 185 Å². The minimum Gasteiger partial charge on any atom is -0.393 e. The quantitative estimate of drug-likeness (QED) is 0.642. The Balaban J connectivity index is 1.41. The summed E-state index contributed by atoms with van der Waals surface area (Å²) in [5.74, 6) is 0.622. The molecule has 5 rings (SSSR count). The van der Waals surface area contributed by atoms with Crippen LogP contribution >= 0.6 is 0 Å². The van der Waals surface area contributed by atoms with Crippen LogP contribution in [0.2, 0.25) is 0 Å². The molecule has 1 atom stereocenters. The molecule has 8 nitrogen and oxygen atoms in total. The molecule has 1 saturated heterocycles. The molecule has 0 spiro atoms. The maximum absolute atomic E-state index is 12.1. The number of nitrogens with one attached hydrogen (secondary N) is 1. The number of amides is 1. The van der Waals surface area contributed by atoms with E-state index in [0.29, 0.717) is 31.7 Å². The summed E-state index contributed by atoms with van der Waals surface area (Å²) >= 11 is 0. The van der Waals surface area contributed by atoms with Crippen LogP contribution in [-0.4, -0.2) is 50.1 Å². The number of pyridine rings is 3. The van der Waals surface area contributed by atoms with Crippen LogP contribution in [0.3, 0.4) is 0 Å². The molecule has 3 aromatic heterocycles. The van der Waals surface area contributed by atoms with E-state index in [-0.39, 0.29) is 17.9 Å². The first-order valence-corrected chi connectivity index (χ1v) is 11.0. The third-order valence-corrected chi connectivity index (χ3v) is 6.13. The van der Waals surface area contributed by atoms with E-state index in [4.69, 9.17) is 4.98 Å². The third-order valence-electron chi connectivity index (χ3n) is 6.13. The number of carbonyl (C=O) groups excluding carboxylic acids is 1. The molecule has 2 fully saturated rings. The van der Waals surface area contributed by atoms with Crippen LogP contribution in [0.15, 0.2) is 42.9 Å². The first-order valence-electron chi connectivity index (χ1n) is 11.0. The van der Waals surface area contributed by atoms with Crippen LogP contribution in [0, 0.1) is 17.2 Å². The molecule has 1 amide bonds. The van der Waals surface area contributed by atoms with E-state index < -0.39 is 6.04 Å². The van der Waals surface area contributed by atoms with Gasteiger partial charge in [-0.05, 0) is 43.9 Å². The molecule has 1 unspecified atom stereocenters. The number of fused-ring (bicyclic) bond motifs is 1. The van der Waals surface area contributed by atoms with Crippen molar-refractivity contribution in [2.75, 3.05) is 18.4 Å². The Bertz CT molecular complexity index is 1190. The van der Waals surface area contributed by atoms with Gasteiger partial charge in [0.2, 0.25) is 5.91 Å². The van der Waals surface area contributed by atoms with Crippen molar-refractivity contribution in [3.63, 3.8) is 0 Å². The first kappa shape index (κ1) is 20.5. The third kappa shape index (κ3) is 4.31. The molecule has 0 bridgehead atoms. The van der Waals surface area contributed by atoms with Crippen molar-refractivity contribution >= 4 is 22.6 Å². The van der Waals surface area contributed by atoms with Crippen molar-refractivity contribution in [2.45, 2.75) is 37.8 Å². The Hall–Kier alpha value is -3.41. The number of likely N-dealkylation sites (tertiary alicyclic amines) is 1. The molecule has 162 valence electrons. The van der Waals surface area contributed by atoms with Crippen molar-refractivity contribution in [3.8, 4) is 17.3 Å². The van der Waals surface area contributed by atoms with Gasteiger partial charge in [0.25, 0.3) is 0 Å². The van der Waals surface area contributed by atoms with Crippen LogP contribution in [0.25, 0.3) is 22.2 Å². The fourth-order valence-electron chi connectivity index (χ4n) is 4.08. The molecular weight excluding hydrogens is 404 g/mol. The zero-order valence-electron chi connectivity index (χ0n) is 17.6. The van der Waals surface area contributed by atoms with Gasteiger partial charge < -0.3 is 10.4 Å². The van der Waals surface area contributed by atoms with Gasteiger partial charge in [-0.25, -0.2) is 9.97 Å². The van der Waals surface area contributed by atoms with Crippen LogP contribution < -0.4 is 5.32 Å². The van der Waals surface area contributed by atoms with Gasteiger partial charge >= 0.3 is 0 Å². The minimum absolute atomic E-state index is 0.0117. The summed E-state index contributed by atoms with van der Waals surface area (Å²) < 4.78 is 0. The maximum atomic E-state index is 12.1. The number of piperidine rings is 1. The van der Waals surface area contributed by atoms with Gasteiger partial charge in [0.1, 0.15) is 11.9 Å². The van der Waals surface area contributed by atoms with Gasteiger partial charge in [0.05, 0.1) is 23.4 Å². The van der Waals surface area contributed by atoms with Crippen molar-refractivity contribution in [1.29, 1.82) is 5.26 Å². The topological polar surface area (TPSA) is 115 Å². The largest absolute Gasteiger partial charge is 0.393 e. The van der Waals surface area contributed by atoms with Crippen molar-refractivity contribution in [1.82, 2.24) is 19.9 Å². The van der Waals surface area contributed by atoms with Crippen LogP contribution in [0.1, 0.15) is 37.3 Å². The lowest BCUT2D eigenvalue weighted by atomic mass is 10.0. The van der Waals surface area contributed by atoms with Gasteiger partial charge in [-0.15, -0.1) is 0 Å². The highest BCUT2D eigenvalue weighted by Gasteiger charge is 2.30. The average molecular weight is 428 g/mol. The summed E-state index contributed by atoms with van der Waals surface area (Å²) in [6.45, 7) is 1.36. The predicted molar refractivity (Wildman–Crippen MR) is 119 cm³/mol. The Morgan fingerprint density at radius 1 is 1.16 bits per heavy atom. The Morgan fingerprint density at radius 3 is 2.72 bits per heavy atom. The fraction of sp³-hybridized carbons (Fsp3) is 0.375. The summed E-state index contributed by atoms with van der Waals surface area (Å²) in [5, 5.41) is 23.3. The zero-order chi connectivity index (χ0) is 22.1. The summed E-state index contributed by atoms with van der Waals surface area (Å²) in [7, 11) is 0. The second-order valence-corrected chi connectivity index (χ2v) is 8.53. The van der Waals surface area contributed by atoms with Crippen LogP contribution in [-0.2, 0) is 4.79 Å². The summed E-state index contributed by atoms with van der Waals surface area (Å²) in [5.41, 5.74) is 3.11. The Morgan fingerprint density at radius 2 is 1.97 bits per heavy atom. The number of rotatable bonds is 5. The van der Waals surface area contributed by atoms with Crippen molar-refractivity contribution in [2.24, 2.45) is 5.92 Å². The van der Waals surface area contributed by atoms with Gasteiger partial charge in [-0.2, -0.15) is 5.26 Å². The SMILES string of the molecule is N#CC(c1cncc(-c2ccc3cnc(NC(=O)C4CC4)cc3n2)c1)N1CCC(O)CC1. The van der Waals surface area contributed by atoms with E-state index in [1.165, 1.54) is 0 Å². The van der Waals surface area contributed by atoms with E-state index >= 15 is 0 Å². The minimum atomic E-state index is -0.413. The number of carbonyl (C=O) groups is 1. The second kappa shape index (κ2) is 8.61. The van der Waals surface area contributed by atoms with Gasteiger partial charge in [-0.3, -0.25) is 14.7 Å².